The highest BCUT2D eigenvalue weighted by Crippen LogP contribution is 2.32. The SMILES string of the molecule is CCn1c(SCC(=O)NCCCOC)nc2scc(-c3ccccc3)c2c1=O. The number of fused-ring (bicyclic) bond motifs is 1. The monoisotopic (exact) mass is 417 g/mol. The molecule has 1 aromatic carbocycles. The van der Waals surface area contributed by atoms with Gasteiger partial charge in [-0.1, -0.05) is 42.1 Å². The smallest absolute Gasteiger partial charge is 0.263 e. The summed E-state index contributed by atoms with van der Waals surface area (Å²) in [5.74, 6) is 0.149. The number of nitrogens with zero attached hydrogens (tertiary/aromatic N) is 2. The van der Waals surface area contributed by atoms with Gasteiger partial charge in [0.25, 0.3) is 5.56 Å². The van der Waals surface area contributed by atoms with Gasteiger partial charge in [-0.05, 0) is 18.9 Å². The number of hydrogen-bond acceptors (Lipinski definition) is 6. The molecular formula is C20H23N3O3S2. The van der Waals surface area contributed by atoms with E-state index in [-0.39, 0.29) is 17.2 Å². The highest BCUT2D eigenvalue weighted by molar-refractivity contribution is 7.99. The van der Waals surface area contributed by atoms with Gasteiger partial charge in [-0.2, -0.15) is 0 Å². The number of thiophene rings is 1. The molecule has 0 aliphatic rings. The molecule has 3 aromatic rings. The summed E-state index contributed by atoms with van der Waals surface area (Å²) in [7, 11) is 1.64. The van der Waals surface area contributed by atoms with Gasteiger partial charge in [0.05, 0.1) is 11.1 Å². The molecular weight excluding hydrogens is 394 g/mol. The highest BCUT2D eigenvalue weighted by Gasteiger charge is 2.17. The molecule has 2 heterocycles. The number of nitrogens with one attached hydrogen (secondary N) is 1. The van der Waals surface area contributed by atoms with Crippen LogP contribution in [-0.4, -0.2) is 41.5 Å². The summed E-state index contributed by atoms with van der Waals surface area (Å²) in [5, 5.41) is 6.05. The molecule has 0 aliphatic heterocycles. The molecule has 0 unspecified atom stereocenters. The second kappa shape index (κ2) is 9.86. The lowest BCUT2D eigenvalue weighted by Crippen LogP contribution is -2.28. The summed E-state index contributed by atoms with van der Waals surface area (Å²) in [4.78, 5) is 30.5. The van der Waals surface area contributed by atoms with Crippen molar-refractivity contribution in [2.45, 2.75) is 25.0 Å². The number of carbonyl (C=O) groups is 1. The molecule has 8 heteroatoms. The van der Waals surface area contributed by atoms with Gasteiger partial charge >= 0.3 is 0 Å². The lowest BCUT2D eigenvalue weighted by molar-refractivity contribution is -0.118. The number of methoxy groups -OCH3 is 1. The quantitative estimate of drug-likeness (QED) is 0.328. The van der Waals surface area contributed by atoms with Crippen molar-refractivity contribution < 1.29 is 9.53 Å². The summed E-state index contributed by atoms with van der Waals surface area (Å²) in [6, 6.07) is 9.86. The van der Waals surface area contributed by atoms with E-state index in [2.05, 4.69) is 10.3 Å². The van der Waals surface area contributed by atoms with Gasteiger partial charge in [0.15, 0.2) is 5.16 Å². The summed E-state index contributed by atoms with van der Waals surface area (Å²) in [6.07, 6.45) is 0.772. The summed E-state index contributed by atoms with van der Waals surface area (Å²) < 4.78 is 6.61. The first-order valence-electron chi connectivity index (χ1n) is 9.11. The highest BCUT2D eigenvalue weighted by atomic mass is 32.2. The Balaban J connectivity index is 1.83. The van der Waals surface area contributed by atoms with Gasteiger partial charge in [0, 0.05) is 37.7 Å². The average Bonchev–Trinajstić information content (AvgIpc) is 3.15. The summed E-state index contributed by atoms with van der Waals surface area (Å²) >= 11 is 2.75. The zero-order valence-corrected chi connectivity index (χ0v) is 17.6. The normalized spacial score (nSPS) is 11.1. The number of rotatable bonds is 9. The minimum absolute atomic E-state index is 0.0596. The van der Waals surface area contributed by atoms with Crippen LogP contribution in [-0.2, 0) is 16.1 Å². The first-order chi connectivity index (χ1) is 13.7. The van der Waals surface area contributed by atoms with Crippen molar-refractivity contribution in [2.75, 3.05) is 26.0 Å². The summed E-state index contributed by atoms with van der Waals surface area (Å²) in [5.41, 5.74) is 1.86. The van der Waals surface area contributed by atoms with Gasteiger partial charge in [-0.3, -0.25) is 14.2 Å². The van der Waals surface area contributed by atoms with Crippen LogP contribution in [0.15, 0.2) is 45.7 Å². The Kier molecular flexibility index (Phi) is 7.24. The number of carbonyl (C=O) groups excluding carboxylic acids is 1. The number of hydrogen-bond donors (Lipinski definition) is 1. The Morgan fingerprint density at radius 3 is 2.82 bits per heavy atom. The number of amides is 1. The average molecular weight is 418 g/mol. The van der Waals surface area contributed by atoms with Crippen molar-refractivity contribution in [3.05, 3.63) is 46.1 Å². The van der Waals surface area contributed by atoms with E-state index in [0.717, 1.165) is 17.5 Å². The zero-order valence-electron chi connectivity index (χ0n) is 15.9. The van der Waals surface area contributed by atoms with Crippen molar-refractivity contribution in [3.8, 4) is 11.1 Å². The lowest BCUT2D eigenvalue weighted by atomic mass is 10.1. The van der Waals surface area contributed by atoms with Crippen molar-refractivity contribution in [1.29, 1.82) is 0 Å². The molecule has 0 aliphatic carbocycles. The van der Waals surface area contributed by atoms with Crippen LogP contribution < -0.4 is 10.9 Å². The molecule has 6 nitrogen and oxygen atoms in total. The Morgan fingerprint density at radius 2 is 2.11 bits per heavy atom. The number of benzene rings is 1. The lowest BCUT2D eigenvalue weighted by Gasteiger charge is -2.10. The first kappa shape index (κ1) is 20.6. The van der Waals surface area contributed by atoms with Crippen LogP contribution in [0.3, 0.4) is 0 Å². The second-order valence-electron chi connectivity index (χ2n) is 6.12. The largest absolute Gasteiger partial charge is 0.385 e. The van der Waals surface area contributed by atoms with E-state index in [0.29, 0.717) is 35.1 Å². The van der Waals surface area contributed by atoms with Crippen LogP contribution >= 0.6 is 23.1 Å². The molecule has 148 valence electrons. The topological polar surface area (TPSA) is 73.2 Å². The van der Waals surface area contributed by atoms with Crippen molar-refractivity contribution in [1.82, 2.24) is 14.9 Å². The number of thioether (sulfide) groups is 1. The fraction of sp³-hybridized carbons (Fsp3) is 0.350. The van der Waals surface area contributed by atoms with Crippen LogP contribution in [0.25, 0.3) is 21.3 Å². The van der Waals surface area contributed by atoms with Crippen LogP contribution in [0.4, 0.5) is 0 Å². The van der Waals surface area contributed by atoms with E-state index < -0.39 is 0 Å². The van der Waals surface area contributed by atoms with E-state index in [1.165, 1.54) is 23.1 Å². The fourth-order valence-corrected chi connectivity index (χ4v) is 4.73. The van der Waals surface area contributed by atoms with Gasteiger partial charge in [-0.15, -0.1) is 11.3 Å². The molecule has 0 saturated heterocycles. The Labute approximate surface area is 171 Å². The second-order valence-corrected chi connectivity index (χ2v) is 7.92. The van der Waals surface area contributed by atoms with Gasteiger partial charge < -0.3 is 10.1 Å². The maximum atomic E-state index is 13.1. The Morgan fingerprint density at radius 1 is 1.32 bits per heavy atom. The van der Waals surface area contributed by atoms with Crippen molar-refractivity contribution >= 4 is 39.2 Å². The molecule has 1 N–H and O–H groups in total. The van der Waals surface area contributed by atoms with Crippen molar-refractivity contribution in [2.24, 2.45) is 0 Å². The van der Waals surface area contributed by atoms with Gasteiger partial charge in [-0.25, -0.2) is 4.98 Å². The van der Waals surface area contributed by atoms with E-state index >= 15 is 0 Å². The maximum Gasteiger partial charge on any atom is 0.263 e. The van der Waals surface area contributed by atoms with Crippen LogP contribution in [0, 0.1) is 0 Å². The summed E-state index contributed by atoms with van der Waals surface area (Å²) in [6.45, 7) is 3.61. The molecule has 0 bridgehead atoms. The maximum absolute atomic E-state index is 13.1. The molecule has 0 fully saturated rings. The number of aromatic nitrogens is 2. The first-order valence-corrected chi connectivity index (χ1v) is 11.0. The predicted octanol–water partition coefficient (Wildman–Crippen LogP) is 3.39. The molecule has 0 radical (unpaired) electrons. The minimum atomic E-state index is -0.0748. The third-order valence-corrected chi connectivity index (χ3v) is 6.09. The van der Waals surface area contributed by atoms with E-state index in [9.17, 15) is 9.59 Å². The molecule has 1 amide bonds. The number of ether oxygens (including phenoxy) is 1. The van der Waals surface area contributed by atoms with Crippen molar-refractivity contribution in [3.63, 3.8) is 0 Å². The minimum Gasteiger partial charge on any atom is -0.385 e. The molecule has 3 rings (SSSR count). The van der Waals surface area contributed by atoms with Crippen LogP contribution in [0.5, 0.6) is 0 Å². The Hall–Kier alpha value is -2.16. The molecule has 0 atom stereocenters. The third kappa shape index (κ3) is 4.63. The van der Waals surface area contributed by atoms with Gasteiger partial charge in [0.1, 0.15) is 4.83 Å². The third-order valence-electron chi connectivity index (χ3n) is 4.24. The standard InChI is InChI=1S/C20H23N3O3S2/c1-3-23-19(25)17-15(14-8-5-4-6-9-14)12-27-18(17)22-20(23)28-13-16(24)21-10-7-11-26-2/h4-6,8-9,12H,3,7,10-11,13H2,1-2H3,(H,21,24). The molecule has 0 spiro atoms. The van der Waals surface area contributed by atoms with E-state index in [4.69, 9.17) is 4.74 Å². The molecule has 0 saturated carbocycles. The zero-order chi connectivity index (χ0) is 19.9. The van der Waals surface area contributed by atoms with E-state index in [1.807, 2.05) is 42.6 Å². The van der Waals surface area contributed by atoms with Gasteiger partial charge in [0.2, 0.25) is 5.91 Å². The fourth-order valence-electron chi connectivity index (χ4n) is 2.85. The Bertz CT molecular complexity index is 999. The molecule has 28 heavy (non-hydrogen) atoms. The van der Waals surface area contributed by atoms with Crippen LogP contribution in [0.1, 0.15) is 13.3 Å². The predicted molar refractivity (Wildman–Crippen MR) is 115 cm³/mol. The molecule has 2 aromatic heterocycles. The van der Waals surface area contributed by atoms with Crippen LogP contribution in [0.2, 0.25) is 0 Å². The van der Waals surface area contributed by atoms with E-state index in [1.54, 1.807) is 11.7 Å².